The standard InChI is InChI=1S/C14H19BrO4/c1-10(2)8-19-14(17)11-3-5-13(6-4-11)18-9-12(16)7-15/h3-6,10,12,16H,7-9H2,1-2H3. The maximum Gasteiger partial charge on any atom is 0.338 e. The molecule has 0 aliphatic rings. The topological polar surface area (TPSA) is 55.8 Å². The normalized spacial score (nSPS) is 12.3. The SMILES string of the molecule is CC(C)COC(=O)c1ccc(OCC(O)CBr)cc1. The number of halogens is 1. The van der Waals surface area contributed by atoms with Crippen LogP contribution in [0.4, 0.5) is 0 Å². The first kappa shape index (κ1) is 16.0. The molecule has 4 nitrogen and oxygen atoms in total. The van der Waals surface area contributed by atoms with Crippen molar-refractivity contribution in [2.24, 2.45) is 5.92 Å². The molecule has 1 unspecified atom stereocenters. The van der Waals surface area contributed by atoms with Gasteiger partial charge in [-0.05, 0) is 30.2 Å². The molecule has 0 aliphatic heterocycles. The summed E-state index contributed by atoms with van der Waals surface area (Å²) >= 11 is 3.16. The van der Waals surface area contributed by atoms with Crippen LogP contribution in [-0.2, 0) is 4.74 Å². The molecule has 1 N–H and O–H groups in total. The van der Waals surface area contributed by atoms with E-state index in [2.05, 4.69) is 15.9 Å². The van der Waals surface area contributed by atoms with Crippen molar-refractivity contribution < 1.29 is 19.4 Å². The number of esters is 1. The van der Waals surface area contributed by atoms with Crippen LogP contribution in [0.1, 0.15) is 24.2 Å². The van der Waals surface area contributed by atoms with Gasteiger partial charge in [-0.1, -0.05) is 29.8 Å². The fraction of sp³-hybridized carbons (Fsp3) is 0.500. The van der Waals surface area contributed by atoms with Crippen molar-refractivity contribution in [3.05, 3.63) is 29.8 Å². The van der Waals surface area contributed by atoms with Crippen molar-refractivity contribution in [1.82, 2.24) is 0 Å². The van der Waals surface area contributed by atoms with Gasteiger partial charge in [0.1, 0.15) is 12.4 Å². The highest BCUT2D eigenvalue weighted by Crippen LogP contribution is 2.13. The fourth-order valence-corrected chi connectivity index (χ4v) is 1.44. The monoisotopic (exact) mass is 330 g/mol. The molecule has 5 heteroatoms. The predicted molar refractivity (Wildman–Crippen MR) is 76.9 cm³/mol. The van der Waals surface area contributed by atoms with E-state index in [1.165, 1.54) is 0 Å². The minimum atomic E-state index is -0.546. The summed E-state index contributed by atoms with van der Waals surface area (Å²) in [6.45, 7) is 4.59. The van der Waals surface area contributed by atoms with Crippen molar-refractivity contribution in [3.63, 3.8) is 0 Å². The molecule has 0 aromatic heterocycles. The molecule has 0 saturated carbocycles. The van der Waals surface area contributed by atoms with Crippen LogP contribution in [-0.4, -0.2) is 35.7 Å². The highest BCUT2D eigenvalue weighted by atomic mass is 79.9. The molecule has 1 rings (SSSR count). The molecule has 0 bridgehead atoms. The average molecular weight is 331 g/mol. The van der Waals surface area contributed by atoms with Crippen LogP contribution in [0, 0.1) is 5.92 Å². The second-order valence-corrected chi connectivity index (χ2v) is 5.28. The fourth-order valence-electron chi connectivity index (χ4n) is 1.25. The molecule has 0 aliphatic carbocycles. The quantitative estimate of drug-likeness (QED) is 0.616. The van der Waals surface area contributed by atoms with Gasteiger partial charge in [-0.2, -0.15) is 0 Å². The number of aliphatic hydroxyl groups excluding tert-OH is 1. The summed E-state index contributed by atoms with van der Waals surface area (Å²) in [6.07, 6.45) is -0.546. The summed E-state index contributed by atoms with van der Waals surface area (Å²) in [4.78, 5) is 11.7. The van der Waals surface area contributed by atoms with E-state index in [0.717, 1.165) is 0 Å². The molecule has 106 valence electrons. The molecule has 0 fully saturated rings. The Morgan fingerprint density at radius 3 is 2.42 bits per heavy atom. The lowest BCUT2D eigenvalue weighted by Gasteiger charge is -2.10. The number of carbonyl (C=O) groups is 1. The van der Waals surface area contributed by atoms with Gasteiger partial charge < -0.3 is 14.6 Å². The van der Waals surface area contributed by atoms with Crippen LogP contribution < -0.4 is 4.74 Å². The maximum absolute atomic E-state index is 11.7. The molecule has 0 radical (unpaired) electrons. The van der Waals surface area contributed by atoms with Crippen LogP contribution in [0.5, 0.6) is 5.75 Å². The van der Waals surface area contributed by atoms with Gasteiger partial charge in [-0.3, -0.25) is 0 Å². The van der Waals surface area contributed by atoms with E-state index >= 15 is 0 Å². The molecule has 1 atom stereocenters. The Morgan fingerprint density at radius 2 is 1.89 bits per heavy atom. The van der Waals surface area contributed by atoms with Crippen LogP contribution in [0.25, 0.3) is 0 Å². The highest BCUT2D eigenvalue weighted by Gasteiger charge is 2.08. The first-order chi connectivity index (χ1) is 9.02. The summed E-state index contributed by atoms with van der Waals surface area (Å²) in [5.41, 5.74) is 0.494. The van der Waals surface area contributed by atoms with Crippen molar-refractivity contribution in [2.75, 3.05) is 18.5 Å². The lowest BCUT2D eigenvalue weighted by molar-refractivity contribution is 0.0459. The van der Waals surface area contributed by atoms with Crippen molar-refractivity contribution in [1.29, 1.82) is 0 Å². The van der Waals surface area contributed by atoms with E-state index in [9.17, 15) is 9.90 Å². The zero-order chi connectivity index (χ0) is 14.3. The van der Waals surface area contributed by atoms with Crippen molar-refractivity contribution in [3.8, 4) is 5.75 Å². The van der Waals surface area contributed by atoms with Crippen LogP contribution in [0.3, 0.4) is 0 Å². The third-order valence-electron chi connectivity index (χ3n) is 2.26. The first-order valence-electron chi connectivity index (χ1n) is 6.17. The Bertz CT molecular complexity index is 389. The predicted octanol–water partition coefficient (Wildman–Crippen LogP) is 2.63. The van der Waals surface area contributed by atoms with E-state index in [0.29, 0.717) is 29.2 Å². The Balaban J connectivity index is 2.49. The van der Waals surface area contributed by atoms with E-state index in [-0.39, 0.29) is 12.6 Å². The number of ether oxygens (including phenoxy) is 2. The number of aliphatic hydroxyl groups is 1. The van der Waals surface area contributed by atoms with Crippen LogP contribution in [0.2, 0.25) is 0 Å². The van der Waals surface area contributed by atoms with Crippen LogP contribution in [0.15, 0.2) is 24.3 Å². The van der Waals surface area contributed by atoms with Gasteiger partial charge in [0.25, 0.3) is 0 Å². The molecule has 0 heterocycles. The molecule has 19 heavy (non-hydrogen) atoms. The molecule has 0 spiro atoms. The molecule has 1 aromatic carbocycles. The Kier molecular flexibility index (Phi) is 6.87. The summed E-state index contributed by atoms with van der Waals surface area (Å²) in [6, 6.07) is 6.68. The maximum atomic E-state index is 11.7. The largest absolute Gasteiger partial charge is 0.491 e. The van der Waals surface area contributed by atoms with Crippen molar-refractivity contribution in [2.45, 2.75) is 20.0 Å². The summed E-state index contributed by atoms with van der Waals surface area (Å²) in [7, 11) is 0. The van der Waals surface area contributed by atoms with Crippen LogP contribution >= 0.6 is 15.9 Å². The second-order valence-electron chi connectivity index (χ2n) is 4.64. The molecular formula is C14H19BrO4. The molecule has 0 amide bonds. The van der Waals surface area contributed by atoms with Gasteiger partial charge in [0, 0.05) is 5.33 Å². The van der Waals surface area contributed by atoms with E-state index in [4.69, 9.17) is 9.47 Å². The number of rotatable bonds is 7. The van der Waals surface area contributed by atoms with E-state index in [1.54, 1.807) is 24.3 Å². The van der Waals surface area contributed by atoms with Gasteiger partial charge in [0.05, 0.1) is 18.3 Å². The Labute approximate surface area is 121 Å². The minimum absolute atomic E-state index is 0.211. The second kappa shape index (κ2) is 8.17. The lowest BCUT2D eigenvalue weighted by Crippen LogP contribution is -2.18. The molecule has 1 aromatic rings. The van der Waals surface area contributed by atoms with Gasteiger partial charge in [-0.15, -0.1) is 0 Å². The Morgan fingerprint density at radius 1 is 1.26 bits per heavy atom. The van der Waals surface area contributed by atoms with Gasteiger partial charge in [0.15, 0.2) is 0 Å². The van der Waals surface area contributed by atoms with E-state index in [1.807, 2.05) is 13.8 Å². The Hall–Kier alpha value is -1.07. The summed E-state index contributed by atoms with van der Waals surface area (Å²) in [5.74, 6) is 0.596. The molecule has 0 saturated heterocycles. The van der Waals surface area contributed by atoms with Gasteiger partial charge in [-0.25, -0.2) is 4.79 Å². The van der Waals surface area contributed by atoms with E-state index < -0.39 is 6.10 Å². The third kappa shape index (κ3) is 6.07. The highest BCUT2D eigenvalue weighted by molar-refractivity contribution is 9.09. The third-order valence-corrected chi connectivity index (χ3v) is 3.01. The zero-order valence-electron chi connectivity index (χ0n) is 11.1. The smallest absolute Gasteiger partial charge is 0.338 e. The number of hydrogen-bond acceptors (Lipinski definition) is 4. The summed E-state index contributed by atoms with van der Waals surface area (Å²) < 4.78 is 10.5. The summed E-state index contributed by atoms with van der Waals surface area (Å²) in [5, 5.41) is 9.80. The van der Waals surface area contributed by atoms with Gasteiger partial charge >= 0.3 is 5.97 Å². The van der Waals surface area contributed by atoms with Crippen molar-refractivity contribution >= 4 is 21.9 Å². The minimum Gasteiger partial charge on any atom is -0.491 e. The lowest BCUT2D eigenvalue weighted by atomic mass is 10.2. The zero-order valence-corrected chi connectivity index (χ0v) is 12.7. The van der Waals surface area contributed by atoms with Gasteiger partial charge in [0.2, 0.25) is 0 Å². The number of alkyl halides is 1. The molecular weight excluding hydrogens is 312 g/mol. The average Bonchev–Trinajstić information content (AvgIpc) is 2.42. The first-order valence-corrected chi connectivity index (χ1v) is 7.29. The number of hydrogen-bond donors (Lipinski definition) is 1. The number of carbonyl (C=O) groups excluding carboxylic acids is 1. The number of benzene rings is 1.